The van der Waals surface area contributed by atoms with Gasteiger partial charge in [-0.05, 0) is 29.8 Å². The number of alkyl halides is 6. The molecule has 10 heteroatoms. The monoisotopic (exact) mass is 384 g/mol. The lowest BCUT2D eigenvalue weighted by atomic mass is 10.1. The number of halogens is 6. The van der Waals surface area contributed by atoms with E-state index >= 15 is 0 Å². The van der Waals surface area contributed by atoms with Crippen LogP contribution in [0.5, 0.6) is 0 Å². The Morgan fingerprint density at radius 2 is 1.37 bits per heavy atom. The summed E-state index contributed by atoms with van der Waals surface area (Å²) < 4.78 is 77.1. The van der Waals surface area contributed by atoms with Crippen molar-refractivity contribution in [1.82, 2.24) is 9.97 Å². The molecule has 4 nitrogen and oxygen atoms in total. The molecular weight excluding hydrogens is 374 g/mol. The molecule has 0 spiro atoms. The highest BCUT2D eigenvalue weighted by Gasteiger charge is 2.37. The quantitative estimate of drug-likeness (QED) is 0.388. The van der Waals surface area contributed by atoms with Crippen molar-refractivity contribution in [2.75, 3.05) is 5.43 Å². The molecule has 27 heavy (non-hydrogen) atoms. The molecule has 0 unspecified atom stereocenters. The van der Waals surface area contributed by atoms with E-state index in [-0.39, 0.29) is 16.6 Å². The van der Waals surface area contributed by atoms with Gasteiger partial charge in [-0.25, -0.2) is 9.97 Å². The Kier molecular flexibility index (Phi) is 4.73. The Morgan fingerprint density at radius 1 is 0.778 bits per heavy atom. The zero-order valence-corrected chi connectivity index (χ0v) is 13.3. The zero-order chi connectivity index (χ0) is 19.7. The van der Waals surface area contributed by atoms with Gasteiger partial charge in [0.25, 0.3) is 0 Å². The second-order valence-electron chi connectivity index (χ2n) is 5.40. The molecule has 0 aliphatic carbocycles. The second kappa shape index (κ2) is 6.86. The smallest absolute Gasteiger partial charge is 0.260 e. The van der Waals surface area contributed by atoms with Crippen molar-refractivity contribution >= 4 is 23.1 Å². The SMILES string of the molecule is FC(F)(F)c1ccc(/C=N\Nc2nc3ccccc3nc2C(F)(F)F)cc1. The van der Waals surface area contributed by atoms with Gasteiger partial charge in [-0.15, -0.1) is 0 Å². The fraction of sp³-hybridized carbons (Fsp3) is 0.118. The van der Waals surface area contributed by atoms with E-state index in [4.69, 9.17) is 0 Å². The summed E-state index contributed by atoms with van der Waals surface area (Å²) in [6.07, 6.45) is -8.16. The number of hydrogen-bond donors (Lipinski definition) is 1. The average Bonchev–Trinajstić information content (AvgIpc) is 2.60. The molecule has 0 aliphatic rings. The predicted octanol–water partition coefficient (Wildman–Crippen LogP) is 5.11. The van der Waals surface area contributed by atoms with Gasteiger partial charge in [-0.1, -0.05) is 24.3 Å². The molecule has 0 amide bonds. The van der Waals surface area contributed by atoms with Crippen LogP contribution in [0.15, 0.2) is 53.6 Å². The third-order valence-electron chi connectivity index (χ3n) is 3.46. The summed E-state index contributed by atoms with van der Waals surface area (Å²) >= 11 is 0. The van der Waals surface area contributed by atoms with Crippen LogP contribution < -0.4 is 5.43 Å². The molecule has 3 rings (SSSR count). The molecule has 0 atom stereocenters. The first-order valence-corrected chi connectivity index (χ1v) is 7.45. The lowest BCUT2D eigenvalue weighted by Gasteiger charge is -2.11. The number of fused-ring (bicyclic) bond motifs is 1. The Bertz CT molecular complexity index is 977. The predicted molar refractivity (Wildman–Crippen MR) is 87.2 cm³/mol. The lowest BCUT2D eigenvalue weighted by Crippen LogP contribution is -2.13. The molecule has 0 radical (unpaired) electrons. The van der Waals surface area contributed by atoms with Gasteiger partial charge in [0.2, 0.25) is 0 Å². The number of benzene rings is 2. The van der Waals surface area contributed by atoms with Crippen molar-refractivity contribution in [2.45, 2.75) is 12.4 Å². The third kappa shape index (κ3) is 4.33. The average molecular weight is 384 g/mol. The van der Waals surface area contributed by atoms with Crippen molar-refractivity contribution in [1.29, 1.82) is 0 Å². The van der Waals surface area contributed by atoms with Gasteiger partial charge in [0.1, 0.15) is 0 Å². The first-order chi connectivity index (χ1) is 12.6. The number of aromatic nitrogens is 2. The van der Waals surface area contributed by atoms with E-state index in [0.29, 0.717) is 0 Å². The van der Waals surface area contributed by atoms with Crippen LogP contribution in [-0.2, 0) is 12.4 Å². The lowest BCUT2D eigenvalue weighted by molar-refractivity contribution is -0.140. The van der Waals surface area contributed by atoms with Gasteiger partial charge in [-0.2, -0.15) is 31.4 Å². The highest BCUT2D eigenvalue weighted by molar-refractivity contribution is 5.81. The maximum Gasteiger partial charge on any atom is 0.437 e. The van der Waals surface area contributed by atoms with Gasteiger partial charge >= 0.3 is 12.4 Å². The van der Waals surface area contributed by atoms with E-state index < -0.39 is 29.4 Å². The van der Waals surface area contributed by atoms with Crippen molar-refractivity contribution in [2.24, 2.45) is 5.10 Å². The van der Waals surface area contributed by atoms with Crippen molar-refractivity contribution < 1.29 is 26.3 Å². The number of hydrogen-bond acceptors (Lipinski definition) is 4. The molecule has 1 heterocycles. The maximum atomic E-state index is 13.2. The van der Waals surface area contributed by atoms with Crippen molar-refractivity contribution in [3.05, 3.63) is 65.4 Å². The Balaban J connectivity index is 1.86. The van der Waals surface area contributed by atoms with Gasteiger partial charge in [0.05, 0.1) is 22.8 Å². The van der Waals surface area contributed by atoms with E-state index in [1.54, 1.807) is 6.07 Å². The van der Waals surface area contributed by atoms with E-state index in [9.17, 15) is 26.3 Å². The largest absolute Gasteiger partial charge is 0.437 e. The molecule has 0 bridgehead atoms. The normalized spacial score (nSPS) is 12.7. The summed E-state index contributed by atoms with van der Waals surface area (Å²) in [6, 6.07) is 10.00. The zero-order valence-electron chi connectivity index (χ0n) is 13.3. The van der Waals surface area contributed by atoms with Gasteiger partial charge in [0.15, 0.2) is 11.5 Å². The van der Waals surface area contributed by atoms with Crippen LogP contribution in [0.4, 0.5) is 32.2 Å². The molecule has 1 N–H and O–H groups in total. The van der Waals surface area contributed by atoms with E-state index in [1.807, 2.05) is 0 Å². The first-order valence-electron chi connectivity index (χ1n) is 7.45. The molecule has 1 aromatic heterocycles. The molecule has 0 aliphatic heterocycles. The van der Waals surface area contributed by atoms with Gasteiger partial charge in [0, 0.05) is 0 Å². The maximum absolute atomic E-state index is 13.2. The molecule has 0 saturated carbocycles. The van der Waals surface area contributed by atoms with Gasteiger partial charge in [-0.3, -0.25) is 5.43 Å². The van der Waals surface area contributed by atoms with Crippen molar-refractivity contribution in [3.63, 3.8) is 0 Å². The summed E-state index contributed by atoms with van der Waals surface area (Å²) in [4.78, 5) is 7.42. The minimum atomic E-state index is -4.76. The summed E-state index contributed by atoms with van der Waals surface area (Å²) in [5, 5.41) is 3.63. The number of para-hydroxylation sites is 2. The molecule has 2 aromatic carbocycles. The Labute approximate surface area is 148 Å². The van der Waals surface area contributed by atoms with Crippen LogP contribution in [0.2, 0.25) is 0 Å². The molecule has 3 aromatic rings. The van der Waals surface area contributed by atoms with Crippen molar-refractivity contribution in [3.8, 4) is 0 Å². The third-order valence-corrected chi connectivity index (χ3v) is 3.46. The fourth-order valence-corrected chi connectivity index (χ4v) is 2.20. The molecular formula is C17H10F6N4. The number of nitrogens with zero attached hydrogens (tertiary/aromatic N) is 3. The summed E-state index contributed by atoms with van der Waals surface area (Å²) in [5.41, 5.74) is 0.641. The topological polar surface area (TPSA) is 50.2 Å². The minimum absolute atomic E-state index is 0.0714. The van der Waals surface area contributed by atoms with Crippen LogP contribution in [0.25, 0.3) is 11.0 Å². The second-order valence-corrected chi connectivity index (χ2v) is 5.40. The van der Waals surface area contributed by atoms with E-state index in [2.05, 4.69) is 20.5 Å². The number of hydrazone groups is 1. The van der Waals surface area contributed by atoms with Crippen LogP contribution >= 0.6 is 0 Å². The highest BCUT2D eigenvalue weighted by atomic mass is 19.4. The summed E-state index contributed by atoms with van der Waals surface area (Å²) in [5.74, 6) is -0.607. The van der Waals surface area contributed by atoms with Crippen LogP contribution in [0.3, 0.4) is 0 Å². The van der Waals surface area contributed by atoms with E-state index in [0.717, 1.165) is 30.5 Å². The Hall–Kier alpha value is -3.17. The fourth-order valence-electron chi connectivity index (χ4n) is 2.20. The highest BCUT2D eigenvalue weighted by Crippen LogP contribution is 2.33. The molecule has 0 saturated heterocycles. The van der Waals surface area contributed by atoms with Crippen LogP contribution in [-0.4, -0.2) is 16.2 Å². The molecule has 0 fully saturated rings. The first kappa shape index (κ1) is 18.6. The molecule has 140 valence electrons. The van der Waals surface area contributed by atoms with Crippen LogP contribution in [0.1, 0.15) is 16.8 Å². The summed E-state index contributed by atoms with van der Waals surface area (Å²) in [6.45, 7) is 0. The van der Waals surface area contributed by atoms with E-state index in [1.165, 1.54) is 18.2 Å². The standard InChI is InChI=1S/C17H10F6N4/c18-16(19,20)11-7-5-10(6-8-11)9-24-27-15-14(17(21,22)23)25-12-3-1-2-4-13(12)26-15/h1-9H,(H,26,27)/b24-9-. The summed E-state index contributed by atoms with van der Waals surface area (Å²) in [7, 11) is 0. The minimum Gasteiger partial charge on any atom is -0.260 e. The van der Waals surface area contributed by atoms with Crippen LogP contribution in [0, 0.1) is 0 Å². The number of anilines is 1. The number of nitrogens with one attached hydrogen (secondary N) is 1. The Morgan fingerprint density at radius 3 is 1.93 bits per heavy atom. The van der Waals surface area contributed by atoms with Gasteiger partial charge < -0.3 is 0 Å². The number of rotatable bonds is 3.